The molecule has 3 nitrogen and oxygen atoms in total. The molecule has 1 fully saturated rings. The molecule has 0 saturated carbocycles. The van der Waals surface area contributed by atoms with Gasteiger partial charge in [0.2, 0.25) is 0 Å². The van der Waals surface area contributed by atoms with Gasteiger partial charge in [0.1, 0.15) is 5.82 Å². The van der Waals surface area contributed by atoms with Gasteiger partial charge in [0.15, 0.2) is 0 Å². The van der Waals surface area contributed by atoms with Gasteiger partial charge in [0.05, 0.1) is 18.1 Å². The van der Waals surface area contributed by atoms with Crippen molar-refractivity contribution >= 4 is 33.3 Å². The van der Waals surface area contributed by atoms with Gasteiger partial charge in [0, 0.05) is 29.3 Å². The third-order valence-electron chi connectivity index (χ3n) is 2.78. The van der Waals surface area contributed by atoms with Crippen LogP contribution in [0.5, 0.6) is 0 Å². The molecule has 17 heavy (non-hydrogen) atoms. The summed E-state index contributed by atoms with van der Waals surface area (Å²) in [6.45, 7) is 6.62. The molecule has 0 N–H and O–H groups in total. The summed E-state index contributed by atoms with van der Waals surface area (Å²) in [6, 6.07) is 2.03. The molecule has 0 radical (unpaired) electrons. The first-order valence-electron chi connectivity index (χ1n) is 5.61. The Morgan fingerprint density at radius 3 is 3.00 bits per heavy atom. The van der Waals surface area contributed by atoms with Gasteiger partial charge in [0.25, 0.3) is 0 Å². The summed E-state index contributed by atoms with van der Waals surface area (Å²) in [7, 11) is 0. The van der Waals surface area contributed by atoms with E-state index in [9.17, 15) is 0 Å². The zero-order chi connectivity index (χ0) is 12.5. The number of nitrogens with zero attached hydrogens (tertiary/aromatic N) is 2. The second-order valence-corrected chi connectivity index (χ2v) is 5.98. The molecule has 0 bridgehead atoms. The summed E-state index contributed by atoms with van der Waals surface area (Å²) in [6.07, 6.45) is 1.81. The van der Waals surface area contributed by atoms with Crippen LogP contribution in [0.4, 0.5) is 5.82 Å². The van der Waals surface area contributed by atoms with E-state index in [0.717, 1.165) is 35.6 Å². The van der Waals surface area contributed by atoms with Crippen LogP contribution >= 0.6 is 27.5 Å². The van der Waals surface area contributed by atoms with Gasteiger partial charge >= 0.3 is 0 Å². The van der Waals surface area contributed by atoms with Gasteiger partial charge in [-0.1, -0.05) is 0 Å². The molecule has 0 amide bonds. The Hall–Kier alpha value is -0.320. The highest BCUT2D eigenvalue weighted by molar-refractivity contribution is 9.10. The normalized spacial score (nSPS) is 19.4. The fourth-order valence-electron chi connectivity index (χ4n) is 2.05. The second kappa shape index (κ2) is 5.12. The number of anilines is 1. The number of pyridine rings is 1. The van der Waals surface area contributed by atoms with Gasteiger partial charge in [-0.25, -0.2) is 4.98 Å². The van der Waals surface area contributed by atoms with Crippen LogP contribution in [-0.2, 0) is 10.6 Å². The van der Waals surface area contributed by atoms with Gasteiger partial charge < -0.3 is 9.64 Å². The topological polar surface area (TPSA) is 25.4 Å². The summed E-state index contributed by atoms with van der Waals surface area (Å²) >= 11 is 9.39. The Labute approximate surface area is 115 Å². The first-order chi connectivity index (χ1) is 8.02. The standard InChI is InChI=1S/C12H16BrClN2O/c1-12(2)8-16(3-4-17-12)11-9(6-14)5-10(13)7-15-11/h5,7H,3-4,6,8H2,1-2H3. The predicted molar refractivity (Wildman–Crippen MR) is 73.7 cm³/mol. The summed E-state index contributed by atoms with van der Waals surface area (Å²) in [5, 5.41) is 0. The first kappa shape index (κ1) is 13.1. The number of ether oxygens (including phenoxy) is 1. The van der Waals surface area contributed by atoms with Crippen molar-refractivity contribution in [2.24, 2.45) is 0 Å². The van der Waals surface area contributed by atoms with Gasteiger partial charge in [-0.2, -0.15) is 0 Å². The average Bonchev–Trinajstić information content (AvgIpc) is 2.27. The number of halogens is 2. The Kier molecular flexibility index (Phi) is 3.95. The van der Waals surface area contributed by atoms with E-state index in [1.54, 1.807) is 0 Å². The number of rotatable bonds is 2. The van der Waals surface area contributed by atoms with Gasteiger partial charge in [-0.05, 0) is 35.8 Å². The Morgan fingerprint density at radius 2 is 2.35 bits per heavy atom. The number of hydrogen-bond acceptors (Lipinski definition) is 3. The first-order valence-corrected chi connectivity index (χ1v) is 6.94. The molecule has 0 aliphatic carbocycles. The zero-order valence-electron chi connectivity index (χ0n) is 10.0. The fourth-order valence-corrected chi connectivity index (χ4v) is 2.63. The Balaban J connectivity index is 2.27. The molecule has 1 aliphatic rings. The van der Waals surface area contributed by atoms with E-state index in [1.807, 2.05) is 12.3 Å². The molecule has 1 aromatic heterocycles. The summed E-state index contributed by atoms with van der Waals surface area (Å²) in [4.78, 5) is 6.72. The minimum atomic E-state index is -0.128. The highest BCUT2D eigenvalue weighted by Gasteiger charge is 2.28. The molecule has 0 unspecified atom stereocenters. The van der Waals surface area contributed by atoms with E-state index in [0.29, 0.717) is 5.88 Å². The number of morpholine rings is 1. The largest absolute Gasteiger partial charge is 0.372 e. The maximum Gasteiger partial charge on any atom is 0.133 e. The second-order valence-electron chi connectivity index (χ2n) is 4.80. The maximum absolute atomic E-state index is 5.98. The number of aromatic nitrogens is 1. The molecule has 2 heterocycles. The highest BCUT2D eigenvalue weighted by Crippen LogP contribution is 2.27. The minimum Gasteiger partial charge on any atom is -0.372 e. The van der Waals surface area contributed by atoms with Crippen molar-refractivity contribution in [3.05, 3.63) is 22.3 Å². The molecule has 94 valence electrons. The van der Waals surface area contributed by atoms with E-state index in [-0.39, 0.29) is 5.60 Å². The molecule has 0 spiro atoms. The van der Waals surface area contributed by atoms with Gasteiger partial charge in [-0.3, -0.25) is 0 Å². The molecule has 2 rings (SSSR count). The van der Waals surface area contributed by atoms with E-state index >= 15 is 0 Å². The van der Waals surface area contributed by atoms with Crippen molar-refractivity contribution in [2.75, 3.05) is 24.6 Å². The SMILES string of the molecule is CC1(C)CN(c2ncc(Br)cc2CCl)CCO1. The van der Waals surface area contributed by atoms with E-state index in [2.05, 4.69) is 39.7 Å². The van der Waals surface area contributed by atoms with Crippen LogP contribution in [0.15, 0.2) is 16.7 Å². The zero-order valence-corrected chi connectivity index (χ0v) is 12.4. The van der Waals surface area contributed by atoms with E-state index < -0.39 is 0 Å². The van der Waals surface area contributed by atoms with Crippen molar-refractivity contribution < 1.29 is 4.74 Å². The summed E-state index contributed by atoms with van der Waals surface area (Å²) in [5.41, 5.74) is 0.926. The minimum absolute atomic E-state index is 0.128. The third kappa shape index (κ3) is 3.12. The quantitative estimate of drug-likeness (QED) is 0.783. The van der Waals surface area contributed by atoms with Crippen molar-refractivity contribution in [3.8, 4) is 0 Å². The molecule has 0 aromatic carbocycles. The van der Waals surface area contributed by atoms with Crippen molar-refractivity contribution in [1.82, 2.24) is 4.98 Å². The summed E-state index contributed by atoms with van der Waals surface area (Å²) < 4.78 is 6.66. The molecular weight excluding hydrogens is 304 g/mol. The van der Waals surface area contributed by atoms with Crippen molar-refractivity contribution in [3.63, 3.8) is 0 Å². The lowest BCUT2D eigenvalue weighted by atomic mass is 10.1. The van der Waals surface area contributed by atoms with Crippen LogP contribution in [0.2, 0.25) is 0 Å². The molecule has 5 heteroatoms. The maximum atomic E-state index is 5.98. The summed E-state index contributed by atoms with van der Waals surface area (Å²) in [5.74, 6) is 1.44. The molecule has 1 aromatic rings. The molecular formula is C12H16BrClN2O. The lowest BCUT2D eigenvalue weighted by Gasteiger charge is -2.39. The van der Waals surface area contributed by atoms with Crippen molar-refractivity contribution in [1.29, 1.82) is 0 Å². The highest BCUT2D eigenvalue weighted by atomic mass is 79.9. The van der Waals surface area contributed by atoms with E-state index in [1.165, 1.54) is 0 Å². The third-order valence-corrected chi connectivity index (χ3v) is 3.50. The number of hydrogen-bond donors (Lipinski definition) is 0. The molecule has 1 aliphatic heterocycles. The van der Waals surface area contributed by atoms with Crippen LogP contribution in [-0.4, -0.2) is 30.3 Å². The van der Waals surface area contributed by atoms with E-state index in [4.69, 9.17) is 16.3 Å². The number of alkyl halides is 1. The monoisotopic (exact) mass is 318 g/mol. The fraction of sp³-hybridized carbons (Fsp3) is 0.583. The van der Waals surface area contributed by atoms with Crippen LogP contribution in [0, 0.1) is 0 Å². The Bertz CT molecular complexity index is 411. The lowest BCUT2D eigenvalue weighted by molar-refractivity contribution is -0.0279. The van der Waals surface area contributed by atoms with Crippen molar-refractivity contribution in [2.45, 2.75) is 25.3 Å². The average molecular weight is 320 g/mol. The lowest BCUT2D eigenvalue weighted by Crippen LogP contribution is -2.48. The van der Waals surface area contributed by atoms with Crippen LogP contribution in [0.25, 0.3) is 0 Å². The van der Waals surface area contributed by atoms with Gasteiger partial charge in [-0.15, -0.1) is 11.6 Å². The Morgan fingerprint density at radius 1 is 1.59 bits per heavy atom. The van der Waals surface area contributed by atoms with Crippen LogP contribution in [0.1, 0.15) is 19.4 Å². The van der Waals surface area contributed by atoms with Crippen LogP contribution in [0.3, 0.4) is 0 Å². The predicted octanol–water partition coefficient (Wildman–Crippen LogP) is 3.20. The molecule has 1 saturated heterocycles. The van der Waals surface area contributed by atoms with Crippen LogP contribution < -0.4 is 4.90 Å². The smallest absolute Gasteiger partial charge is 0.133 e. The molecule has 0 atom stereocenters.